The van der Waals surface area contributed by atoms with Crippen molar-refractivity contribution >= 4 is 35.9 Å². The van der Waals surface area contributed by atoms with Crippen molar-refractivity contribution in [1.29, 1.82) is 0 Å². The Morgan fingerprint density at radius 2 is 1.65 bits per heavy atom. The van der Waals surface area contributed by atoms with E-state index < -0.39 is 0 Å². The first-order valence-electron chi connectivity index (χ1n) is 10.5. The number of halogens is 2. The minimum absolute atomic E-state index is 0. The molecule has 0 aromatic heterocycles. The number of hydrogen-bond acceptors (Lipinski definition) is 5. The lowest BCUT2D eigenvalue weighted by atomic mass is 10.1. The van der Waals surface area contributed by atoms with Gasteiger partial charge in [0, 0.05) is 6.54 Å². The van der Waals surface area contributed by atoms with Gasteiger partial charge in [0.25, 0.3) is 0 Å². The molecule has 0 saturated carbocycles. The van der Waals surface area contributed by atoms with E-state index in [1.807, 2.05) is 41.7 Å². The molecule has 0 radical (unpaired) electrons. The van der Waals surface area contributed by atoms with Crippen LogP contribution in [0.4, 0.5) is 4.39 Å². The van der Waals surface area contributed by atoms with Gasteiger partial charge in [0.15, 0.2) is 11.5 Å². The van der Waals surface area contributed by atoms with E-state index in [4.69, 9.17) is 9.47 Å². The molecule has 1 aliphatic heterocycles. The SMILES string of the molecule is COc1ccc(CCN(C)CCCC2(c3ccc(F)cc3)SCCCS2)cc1OC.Cl. The second-order valence-electron chi connectivity index (χ2n) is 7.66. The highest BCUT2D eigenvalue weighted by Crippen LogP contribution is 2.53. The van der Waals surface area contributed by atoms with E-state index in [-0.39, 0.29) is 22.3 Å². The molecule has 0 bridgehead atoms. The fraction of sp³-hybridized carbons (Fsp3) is 0.500. The number of nitrogens with zero attached hydrogens (tertiary/aromatic N) is 1. The Morgan fingerprint density at radius 1 is 0.968 bits per heavy atom. The van der Waals surface area contributed by atoms with Crippen LogP contribution in [-0.2, 0) is 10.5 Å². The molecule has 0 aliphatic carbocycles. The maximum Gasteiger partial charge on any atom is 0.160 e. The standard InChI is InChI=1S/C24H32FNO2S2.ClH/c1-26(15-12-19-6-11-22(27-2)23(18-19)28-3)14-4-13-24(29-16-5-17-30-24)20-7-9-21(25)10-8-20;/h6-11,18H,4-5,12-17H2,1-3H3;1H. The molecule has 0 unspecified atom stereocenters. The van der Waals surface area contributed by atoms with Crippen molar-refractivity contribution in [3.05, 3.63) is 59.4 Å². The third kappa shape index (κ3) is 7.21. The summed E-state index contributed by atoms with van der Waals surface area (Å²) in [7, 11) is 5.52. The average Bonchev–Trinajstić information content (AvgIpc) is 2.78. The molecule has 3 nitrogen and oxygen atoms in total. The molecule has 0 N–H and O–H groups in total. The van der Waals surface area contributed by atoms with Gasteiger partial charge >= 0.3 is 0 Å². The van der Waals surface area contributed by atoms with Crippen LogP contribution in [-0.4, -0.2) is 50.8 Å². The van der Waals surface area contributed by atoms with Gasteiger partial charge in [-0.1, -0.05) is 18.2 Å². The van der Waals surface area contributed by atoms with E-state index in [9.17, 15) is 4.39 Å². The summed E-state index contributed by atoms with van der Waals surface area (Å²) in [6.07, 6.45) is 4.46. The molecule has 2 aromatic carbocycles. The van der Waals surface area contributed by atoms with E-state index in [0.717, 1.165) is 43.9 Å². The highest BCUT2D eigenvalue weighted by Gasteiger charge is 2.35. The molecule has 0 atom stereocenters. The predicted octanol–water partition coefficient (Wildman–Crippen LogP) is 6.24. The van der Waals surface area contributed by atoms with Gasteiger partial charge in [0.1, 0.15) is 5.82 Å². The van der Waals surface area contributed by atoms with E-state index in [2.05, 4.69) is 24.1 Å². The smallest absolute Gasteiger partial charge is 0.160 e. The number of thioether (sulfide) groups is 2. The second kappa shape index (κ2) is 12.8. The summed E-state index contributed by atoms with van der Waals surface area (Å²) >= 11 is 4.07. The molecule has 1 aliphatic rings. The quantitative estimate of drug-likeness (QED) is 0.396. The monoisotopic (exact) mass is 485 g/mol. The molecule has 7 heteroatoms. The van der Waals surface area contributed by atoms with Crippen molar-refractivity contribution in [1.82, 2.24) is 4.90 Å². The number of rotatable bonds is 10. The third-order valence-electron chi connectivity index (χ3n) is 5.52. The van der Waals surface area contributed by atoms with E-state index >= 15 is 0 Å². The van der Waals surface area contributed by atoms with Crippen molar-refractivity contribution in [3.63, 3.8) is 0 Å². The Morgan fingerprint density at radius 3 is 2.29 bits per heavy atom. The van der Waals surface area contributed by atoms with Crippen molar-refractivity contribution < 1.29 is 13.9 Å². The van der Waals surface area contributed by atoms with E-state index in [1.54, 1.807) is 26.4 Å². The fourth-order valence-corrected chi connectivity index (χ4v) is 7.22. The normalized spacial score (nSPS) is 15.4. The Labute approximate surface area is 200 Å². The molecule has 1 saturated heterocycles. The predicted molar refractivity (Wildman–Crippen MR) is 135 cm³/mol. The summed E-state index contributed by atoms with van der Waals surface area (Å²) in [4.78, 5) is 2.40. The molecule has 1 fully saturated rings. The Kier molecular flexibility index (Phi) is 10.8. The molecular weight excluding hydrogens is 453 g/mol. The van der Waals surface area contributed by atoms with Crippen LogP contribution in [0.15, 0.2) is 42.5 Å². The van der Waals surface area contributed by atoms with Crippen LogP contribution in [0.3, 0.4) is 0 Å². The lowest BCUT2D eigenvalue weighted by Crippen LogP contribution is -2.27. The van der Waals surface area contributed by atoms with Crippen molar-refractivity contribution in [2.24, 2.45) is 0 Å². The summed E-state index contributed by atoms with van der Waals surface area (Å²) in [6.45, 7) is 2.05. The zero-order valence-electron chi connectivity index (χ0n) is 18.6. The summed E-state index contributed by atoms with van der Waals surface area (Å²) in [6, 6.07) is 13.3. The zero-order chi connectivity index (χ0) is 21.4. The van der Waals surface area contributed by atoms with E-state index in [1.165, 1.54) is 29.1 Å². The minimum atomic E-state index is -0.158. The third-order valence-corrected chi connectivity index (χ3v) is 9.02. The van der Waals surface area contributed by atoms with Gasteiger partial charge in [-0.2, -0.15) is 0 Å². The minimum Gasteiger partial charge on any atom is -0.493 e. The van der Waals surface area contributed by atoms with Gasteiger partial charge in [0.2, 0.25) is 0 Å². The summed E-state index contributed by atoms with van der Waals surface area (Å²) in [5.41, 5.74) is 2.51. The summed E-state index contributed by atoms with van der Waals surface area (Å²) < 4.78 is 24.2. The lowest BCUT2D eigenvalue weighted by molar-refractivity contribution is 0.327. The highest BCUT2D eigenvalue weighted by atomic mass is 35.5. The number of benzene rings is 2. The molecule has 0 spiro atoms. The maximum atomic E-state index is 13.4. The van der Waals surface area contributed by atoms with Crippen LogP contribution in [0.2, 0.25) is 0 Å². The number of likely N-dealkylation sites (N-methyl/N-ethyl adjacent to an activating group) is 1. The second-order valence-corrected chi connectivity index (χ2v) is 10.7. The van der Waals surface area contributed by atoms with Gasteiger partial charge in [0.05, 0.1) is 18.3 Å². The maximum absolute atomic E-state index is 13.4. The highest BCUT2D eigenvalue weighted by molar-refractivity contribution is 8.18. The van der Waals surface area contributed by atoms with Gasteiger partial charge in [-0.25, -0.2) is 4.39 Å². The van der Waals surface area contributed by atoms with Gasteiger partial charge in [-0.3, -0.25) is 0 Å². The van der Waals surface area contributed by atoms with Crippen molar-refractivity contribution in [3.8, 4) is 11.5 Å². The topological polar surface area (TPSA) is 21.7 Å². The van der Waals surface area contributed by atoms with Crippen LogP contribution >= 0.6 is 35.9 Å². The lowest BCUT2D eigenvalue weighted by Gasteiger charge is -2.37. The first-order chi connectivity index (χ1) is 14.6. The number of hydrogen-bond donors (Lipinski definition) is 0. The molecule has 3 rings (SSSR count). The molecular formula is C24H33ClFNO2S2. The fourth-order valence-electron chi connectivity index (χ4n) is 3.78. The molecule has 0 amide bonds. The van der Waals surface area contributed by atoms with Crippen LogP contribution in [0, 0.1) is 5.82 Å². The van der Waals surface area contributed by atoms with Crippen LogP contribution < -0.4 is 9.47 Å². The Bertz CT molecular complexity index is 801. The van der Waals surface area contributed by atoms with Gasteiger partial charge < -0.3 is 14.4 Å². The zero-order valence-corrected chi connectivity index (χ0v) is 21.0. The van der Waals surface area contributed by atoms with Crippen LogP contribution in [0.1, 0.15) is 30.4 Å². The Hall–Kier alpha value is -1.08. The summed E-state index contributed by atoms with van der Waals surface area (Å²) in [5, 5.41) is 0. The van der Waals surface area contributed by atoms with Gasteiger partial charge in [-0.15, -0.1) is 35.9 Å². The number of ether oxygens (including phenoxy) is 2. The molecule has 1 heterocycles. The first kappa shape index (κ1) is 26.2. The van der Waals surface area contributed by atoms with Gasteiger partial charge in [-0.05, 0) is 86.2 Å². The average molecular weight is 486 g/mol. The first-order valence-corrected chi connectivity index (χ1v) is 12.5. The van der Waals surface area contributed by atoms with Crippen LogP contribution in [0.25, 0.3) is 0 Å². The van der Waals surface area contributed by atoms with Crippen molar-refractivity contribution in [2.75, 3.05) is 45.9 Å². The molecule has 31 heavy (non-hydrogen) atoms. The van der Waals surface area contributed by atoms with Crippen molar-refractivity contribution in [2.45, 2.75) is 29.8 Å². The van der Waals surface area contributed by atoms with Crippen LogP contribution in [0.5, 0.6) is 11.5 Å². The molecule has 172 valence electrons. The number of methoxy groups -OCH3 is 2. The van der Waals surface area contributed by atoms with E-state index in [0.29, 0.717) is 0 Å². The molecule has 2 aromatic rings. The largest absolute Gasteiger partial charge is 0.493 e. The Balaban J connectivity index is 0.00000341. The summed E-state index contributed by atoms with van der Waals surface area (Å²) in [5.74, 6) is 3.75.